The van der Waals surface area contributed by atoms with Gasteiger partial charge in [0.25, 0.3) is 0 Å². The number of aliphatic imine (C=N–C) groups is 1. The van der Waals surface area contributed by atoms with E-state index in [1.165, 1.54) is 0 Å². The Morgan fingerprint density at radius 2 is 2.07 bits per heavy atom. The van der Waals surface area contributed by atoms with E-state index in [1.54, 1.807) is 31.1 Å². The molecule has 2 rings (SSSR count). The highest BCUT2D eigenvalue weighted by molar-refractivity contribution is 14.0. The summed E-state index contributed by atoms with van der Waals surface area (Å²) >= 11 is 0. The van der Waals surface area contributed by atoms with Gasteiger partial charge in [0.15, 0.2) is 5.96 Å². The SMILES string of the molecule is CCNC(=NCC(C)(O)c1cnn(C)c1)NCCOCc1ccccc1OC.I. The van der Waals surface area contributed by atoms with E-state index in [9.17, 15) is 5.11 Å². The molecule has 0 saturated heterocycles. The Balaban J connectivity index is 0.00000420. The Morgan fingerprint density at radius 1 is 1.31 bits per heavy atom. The number of aliphatic hydroxyl groups is 1. The Kier molecular flexibility index (Phi) is 11.0. The molecule has 0 aliphatic carbocycles. The number of para-hydroxylation sites is 1. The van der Waals surface area contributed by atoms with Gasteiger partial charge in [-0.25, -0.2) is 4.99 Å². The molecule has 1 aromatic carbocycles. The molecule has 0 aliphatic rings. The fourth-order valence-corrected chi connectivity index (χ4v) is 2.61. The molecule has 8 nitrogen and oxygen atoms in total. The first kappa shape index (κ1) is 25.2. The van der Waals surface area contributed by atoms with Crippen LogP contribution >= 0.6 is 24.0 Å². The van der Waals surface area contributed by atoms with E-state index < -0.39 is 5.60 Å². The van der Waals surface area contributed by atoms with Gasteiger partial charge in [-0.15, -0.1) is 24.0 Å². The van der Waals surface area contributed by atoms with E-state index in [0.717, 1.165) is 23.4 Å². The number of hydrogen-bond acceptors (Lipinski definition) is 5. The minimum absolute atomic E-state index is 0. The Bertz CT molecular complexity index is 764. The molecule has 29 heavy (non-hydrogen) atoms. The highest BCUT2D eigenvalue weighted by atomic mass is 127. The molecule has 1 atom stereocenters. The summed E-state index contributed by atoms with van der Waals surface area (Å²) in [6.07, 6.45) is 3.45. The zero-order valence-electron chi connectivity index (χ0n) is 17.5. The third-order valence-electron chi connectivity index (χ3n) is 4.20. The summed E-state index contributed by atoms with van der Waals surface area (Å²) in [6.45, 7) is 6.26. The molecule has 3 N–H and O–H groups in total. The van der Waals surface area contributed by atoms with Gasteiger partial charge in [0, 0.05) is 37.5 Å². The standard InChI is InChI=1S/C20H31N5O3.HI/c1-5-21-19(23-15-20(2,26)17-12-24-25(3)13-17)22-10-11-28-14-16-8-6-7-9-18(16)27-4;/h6-9,12-13,26H,5,10-11,14-15H2,1-4H3,(H2,21,22,23);1H. The normalized spacial score (nSPS) is 13.3. The number of guanidine groups is 1. The zero-order chi connectivity index (χ0) is 20.4. The van der Waals surface area contributed by atoms with Crippen molar-refractivity contribution in [2.24, 2.45) is 12.0 Å². The minimum atomic E-state index is -1.09. The van der Waals surface area contributed by atoms with Gasteiger partial charge in [-0.1, -0.05) is 18.2 Å². The van der Waals surface area contributed by atoms with Crippen LogP contribution in [-0.2, 0) is 24.0 Å². The maximum Gasteiger partial charge on any atom is 0.191 e. The van der Waals surface area contributed by atoms with Crippen molar-refractivity contribution in [2.75, 3.05) is 33.4 Å². The molecule has 0 bridgehead atoms. The first-order chi connectivity index (χ1) is 13.5. The largest absolute Gasteiger partial charge is 0.496 e. The quantitative estimate of drug-likeness (QED) is 0.193. The van der Waals surface area contributed by atoms with E-state index >= 15 is 0 Å². The number of aryl methyl sites for hydroxylation is 1. The molecule has 1 unspecified atom stereocenters. The van der Waals surface area contributed by atoms with Gasteiger partial charge in [0.1, 0.15) is 11.4 Å². The van der Waals surface area contributed by atoms with Gasteiger partial charge >= 0.3 is 0 Å². The highest BCUT2D eigenvalue weighted by Gasteiger charge is 2.24. The molecule has 0 saturated carbocycles. The van der Waals surface area contributed by atoms with Crippen LogP contribution in [0.1, 0.15) is 25.0 Å². The average molecular weight is 517 g/mol. The zero-order valence-corrected chi connectivity index (χ0v) is 19.8. The molecule has 0 radical (unpaired) electrons. The van der Waals surface area contributed by atoms with Crippen molar-refractivity contribution in [3.8, 4) is 5.75 Å². The number of methoxy groups -OCH3 is 1. The number of halogens is 1. The minimum Gasteiger partial charge on any atom is -0.496 e. The van der Waals surface area contributed by atoms with Crippen molar-refractivity contribution in [3.63, 3.8) is 0 Å². The number of nitrogens with zero attached hydrogens (tertiary/aromatic N) is 3. The van der Waals surface area contributed by atoms with Crippen LogP contribution in [-0.4, -0.2) is 54.2 Å². The van der Waals surface area contributed by atoms with Crippen LogP contribution < -0.4 is 15.4 Å². The maximum absolute atomic E-state index is 10.6. The van der Waals surface area contributed by atoms with Crippen LogP contribution in [0.3, 0.4) is 0 Å². The van der Waals surface area contributed by atoms with E-state index in [0.29, 0.717) is 25.7 Å². The lowest BCUT2D eigenvalue weighted by atomic mass is 10.0. The van der Waals surface area contributed by atoms with E-state index in [4.69, 9.17) is 9.47 Å². The predicted molar refractivity (Wildman–Crippen MR) is 125 cm³/mol. The van der Waals surface area contributed by atoms with Crippen LogP contribution in [0.2, 0.25) is 0 Å². The average Bonchev–Trinajstić information content (AvgIpc) is 3.13. The number of nitrogens with one attached hydrogen (secondary N) is 2. The summed E-state index contributed by atoms with van der Waals surface area (Å²) < 4.78 is 12.7. The third-order valence-corrected chi connectivity index (χ3v) is 4.20. The molecule has 9 heteroatoms. The van der Waals surface area contributed by atoms with Crippen LogP contribution in [0.5, 0.6) is 5.75 Å². The van der Waals surface area contributed by atoms with E-state index in [1.807, 2.05) is 38.2 Å². The first-order valence-electron chi connectivity index (χ1n) is 9.39. The third kappa shape index (κ3) is 8.19. The smallest absolute Gasteiger partial charge is 0.191 e. The van der Waals surface area contributed by atoms with Crippen molar-refractivity contribution in [1.29, 1.82) is 0 Å². The molecule has 162 valence electrons. The van der Waals surface area contributed by atoms with Gasteiger partial charge < -0.3 is 25.2 Å². The number of rotatable bonds is 10. The summed E-state index contributed by atoms with van der Waals surface area (Å²) in [7, 11) is 3.47. The van der Waals surface area contributed by atoms with Crippen molar-refractivity contribution < 1.29 is 14.6 Å². The first-order valence-corrected chi connectivity index (χ1v) is 9.39. The topological polar surface area (TPSA) is 92.9 Å². The Hall–Kier alpha value is -1.85. The summed E-state index contributed by atoms with van der Waals surface area (Å²) in [4.78, 5) is 4.49. The molecule has 2 aromatic rings. The predicted octanol–water partition coefficient (Wildman–Crippen LogP) is 2.03. The van der Waals surface area contributed by atoms with Crippen LogP contribution in [0, 0.1) is 0 Å². The molecule has 0 spiro atoms. The van der Waals surface area contributed by atoms with E-state index in [2.05, 4.69) is 20.7 Å². The van der Waals surface area contributed by atoms with Crippen LogP contribution in [0.15, 0.2) is 41.7 Å². The molecule has 1 heterocycles. The van der Waals surface area contributed by atoms with Crippen molar-refractivity contribution in [3.05, 3.63) is 47.8 Å². The van der Waals surface area contributed by atoms with Gasteiger partial charge in [-0.05, 0) is 19.9 Å². The second-order valence-electron chi connectivity index (χ2n) is 6.66. The molecule has 0 aliphatic heterocycles. The molecular weight excluding hydrogens is 485 g/mol. The summed E-state index contributed by atoms with van der Waals surface area (Å²) in [6, 6.07) is 7.80. The summed E-state index contributed by atoms with van der Waals surface area (Å²) in [5.41, 5.74) is 0.657. The number of ether oxygens (including phenoxy) is 2. The maximum atomic E-state index is 10.6. The van der Waals surface area contributed by atoms with Crippen LogP contribution in [0.25, 0.3) is 0 Å². The lowest BCUT2D eigenvalue weighted by Crippen LogP contribution is -2.40. The Morgan fingerprint density at radius 3 is 2.72 bits per heavy atom. The van der Waals surface area contributed by atoms with Crippen molar-refractivity contribution in [1.82, 2.24) is 20.4 Å². The van der Waals surface area contributed by atoms with Gasteiger partial charge in [-0.2, -0.15) is 5.10 Å². The molecule has 0 fully saturated rings. The second kappa shape index (κ2) is 12.7. The highest BCUT2D eigenvalue weighted by Crippen LogP contribution is 2.20. The van der Waals surface area contributed by atoms with Crippen molar-refractivity contribution in [2.45, 2.75) is 26.1 Å². The van der Waals surface area contributed by atoms with Crippen molar-refractivity contribution >= 4 is 29.9 Å². The van der Waals surface area contributed by atoms with Gasteiger partial charge in [-0.3, -0.25) is 4.68 Å². The molecule has 1 aromatic heterocycles. The fraction of sp³-hybridized carbons (Fsp3) is 0.500. The number of benzene rings is 1. The van der Waals surface area contributed by atoms with Gasteiger partial charge in [0.05, 0.1) is 33.1 Å². The second-order valence-corrected chi connectivity index (χ2v) is 6.66. The lowest BCUT2D eigenvalue weighted by Gasteiger charge is -2.20. The monoisotopic (exact) mass is 517 g/mol. The van der Waals surface area contributed by atoms with Gasteiger partial charge in [0.2, 0.25) is 0 Å². The Labute approximate surface area is 189 Å². The number of hydrogen-bond donors (Lipinski definition) is 3. The lowest BCUT2D eigenvalue weighted by molar-refractivity contribution is 0.0671. The molecular formula is C20H32IN5O3. The summed E-state index contributed by atoms with van der Waals surface area (Å²) in [5.74, 6) is 1.45. The number of aromatic nitrogens is 2. The molecule has 0 amide bonds. The fourth-order valence-electron chi connectivity index (χ4n) is 2.61. The van der Waals surface area contributed by atoms with E-state index in [-0.39, 0.29) is 30.5 Å². The van der Waals surface area contributed by atoms with Crippen LogP contribution in [0.4, 0.5) is 0 Å². The summed E-state index contributed by atoms with van der Waals surface area (Å²) in [5, 5.41) is 21.1.